The Morgan fingerprint density at radius 2 is 1.89 bits per heavy atom. The van der Waals surface area contributed by atoms with Crippen molar-refractivity contribution >= 4 is 23.6 Å². The number of imide groups is 1. The van der Waals surface area contributed by atoms with Gasteiger partial charge in [0.2, 0.25) is 0 Å². The number of hydrogen-bond donors (Lipinski definition) is 0. The second-order valence-corrected chi connectivity index (χ2v) is 7.30. The minimum absolute atomic E-state index is 0.151. The summed E-state index contributed by atoms with van der Waals surface area (Å²) >= 11 is 0. The number of carbonyl (C=O) groups is 4. The Hall–Kier alpha value is -2.96. The van der Waals surface area contributed by atoms with E-state index in [1.54, 1.807) is 39.3 Å². The summed E-state index contributed by atoms with van der Waals surface area (Å²) < 4.78 is 0. The van der Waals surface area contributed by atoms with Gasteiger partial charge in [-0.05, 0) is 24.5 Å². The van der Waals surface area contributed by atoms with Gasteiger partial charge in [0.15, 0.2) is 5.78 Å². The number of hydrogen-bond acceptors (Lipinski definition) is 4. The van der Waals surface area contributed by atoms with Crippen molar-refractivity contribution in [3.05, 3.63) is 47.0 Å². The number of nitrogens with zero attached hydrogens (tertiary/aromatic N) is 3. The van der Waals surface area contributed by atoms with Gasteiger partial charge >= 0.3 is 6.03 Å². The van der Waals surface area contributed by atoms with Crippen molar-refractivity contribution < 1.29 is 19.2 Å². The molecule has 2 aliphatic rings. The molecule has 0 radical (unpaired) electrons. The highest BCUT2D eigenvalue weighted by Gasteiger charge is 2.44. The van der Waals surface area contributed by atoms with Crippen LogP contribution in [-0.4, -0.2) is 65.5 Å². The molecule has 0 N–H and O–H groups in total. The highest BCUT2D eigenvalue weighted by Crippen LogP contribution is 2.32. The summed E-state index contributed by atoms with van der Waals surface area (Å²) in [5.74, 6) is -1.05. The lowest BCUT2D eigenvalue weighted by Crippen LogP contribution is -2.46. The first-order valence-electron chi connectivity index (χ1n) is 8.84. The van der Waals surface area contributed by atoms with E-state index in [4.69, 9.17) is 0 Å². The first kappa shape index (κ1) is 18.8. The molecule has 0 saturated heterocycles. The van der Waals surface area contributed by atoms with Crippen LogP contribution in [0, 0.1) is 0 Å². The highest BCUT2D eigenvalue weighted by molar-refractivity contribution is 6.23. The fourth-order valence-electron chi connectivity index (χ4n) is 3.68. The number of urea groups is 1. The lowest BCUT2D eigenvalue weighted by Gasteiger charge is -2.29. The molecule has 7 heteroatoms. The number of rotatable bonds is 3. The van der Waals surface area contributed by atoms with Gasteiger partial charge < -0.3 is 9.80 Å². The van der Waals surface area contributed by atoms with Crippen LogP contribution in [0.1, 0.15) is 45.5 Å². The number of allylic oxidation sites excluding steroid dienone is 1. The molecule has 0 spiro atoms. The number of Topliss-reactive ketones (excluding diaryl/α,β-unsaturated/α-hetero) is 1. The van der Waals surface area contributed by atoms with Crippen LogP contribution in [-0.2, 0) is 11.3 Å². The number of benzene rings is 1. The van der Waals surface area contributed by atoms with Crippen LogP contribution in [0.3, 0.4) is 0 Å². The van der Waals surface area contributed by atoms with Crippen LogP contribution in [0.4, 0.5) is 4.79 Å². The van der Waals surface area contributed by atoms with E-state index in [-0.39, 0.29) is 30.3 Å². The molecule has 1 aliphatic heterocycles. The molecule has 1 fully saturated rings. The molecule has 1 unspecified atom stereocenters. The molecule has 4 amide bonds. The van der Waals surface area contributed by atoms with E-state index in [9.17, 15) is 19.2 Å². The van der Waals surface area contributed by atoms with Gasteiger partial charge in [-0.15, -0.1) is 0 Å². The summed E-state index contributed by atoms with van der Waals surface area (Å²) in [6.45, 7) is 4.03. The molecule has 142 valence electrons. The van der Waals surface area contributed by atoms with Crippen LogP contribution in [0.25, 0.3) is 0 Å². The topological polar surface area (TPSA) is 78.0 Å². The van der Waals surface area contributed by atoms with Gasteiger partial charge in [0.05, 0.1) is 17.2 Å². The Labute approximate surface area is 158 Å². The van der Waals surface area contributed by atoms with Gasteiger partial charge in [0.25, 0.3) is 11.8 Å². The maximum absolute atomic E-state index is 13.1. The quantitative estimate of drug-likeness (QED) is 0.604. The van der Waals surface area contributed by atoms with Crippen LogP contribution >= 0.6 is 0 Å². The lowest BCUT2D eigenvalue weighted by molar-refractivity contribution is -0.123. The number of ketones is 1. The maximum Gasteiger partial charge on any atom is 0.319 e. The highest BCUT2D eigenvalue weighted by atomic mass is 16.2. The van der Waals surface area contributed by atoms with Crippen molar-refractivity contribution in [1.82, 2.24) is 14.7 Å². The van der Waals surface area contributed by atoms with E-state index in [0.717, 1.165) is 10.5 Å². The maximum atomic E-state index is 13.1. The summed E-state index contributed by atoms with van der Waals surface area (Å²) in [6.07, 6.45) is 1.24. The van der Waals surface area contributed by atoms with E-state index in [1.807, 2.05) is 0 Å². The molecule has 1 atom stereocenters. The van der Waals surface area contributed by atoms with Gasteiger partial charge in [0.1, 0.15) is 0 Å². The van der Waals surface area contributed by atoms with Crippen molar-refractivity contribution in [3.8, 4) is 0 Å². The second-order valence-electron chi connectivity index (χ2n) is 7.30. The summed E-state index contributed by atoms with van der Waals surface area (Å²) in [5.41, 5.74) is 2.01. The van der Waals surface area contributed by atoms with Crippen LogP contribution in [0.2, 0.25) is 0 Å². The lowest BCUT2D eigenvalue weighted by atomic mass is 9.89. The first-order valence-corrected chi connectivity index (χ1v) is 8.84. The summed E-state index contributed by atoms with van der Waals surface area (Å²) in [4.78, 5) is 54.4. The Balaban J connectivity index is 1.92. The molecule has 0 bridgehead atoms. The Bertz CT molecular complexity index is 859. The van der Waals surface area contributed by atoms with E-state index in [2.05, 4.69) is 6.58 Å². The van der Waals surface area contributed by atoms with Gasteiger partial charge in [0, 0.05) is 34.1 Å². The average Bonchev–Trinajstić information content (AvgIpc) is 2.86. The third kappa shape index (κ3) is 3.25. The molecule has 1 saturated carbocycles. The third-order valence-corrected chi connectivity index (χ3v) is 5.03. The zero-order chi connectivity index (χ0) is 19.9. The van der Waals surface area contributed by atoms with Crippen molar-refractivity contribution in [2.24, 2.45) is 0 Å². The molecule has 1 aromatic rings. The smallest absolute Gasteiger partial charge is 0.319 e. The molecule has 27 heavy (non-hydrogen) atoms. The predicted octanol–water partition coefficient (Wildman–Crippen LogP) is 2.07. The van der Waals surface area contributed by atoms with Crippen molar-refractivity contribution in [3.63, 3.8) is 0 Å². The van der Waals surface area contributed by atoms with E-state index in [1.165, 1.54) is 9.80 Å². The number of carbonyl (C=O) groups excluding carboxylic acids is 4. The minimum Gasteiger partial charge on any atom is -0.331 e. The van der Waals surface area contributed by atoms with Gasteiger partial charge in [-0.2, -0.15) is 0 Å². The van der Waals surface area contributed by atoms with Crippen LogP contribution in [0.15, 0.2) is 30.4 Å². The largest absolute Gasteiger partial charge is 0.331 e. The van der Waals surface area contributed by atoms with Crippen molar-refractivity contribution in [1.29, 1.82) is 0 Å². The Kier molecular flexibility index (Phi) is 4.87. The fourth-order valence-corrected chi connectivity index (χ4v) is 3.68. The monoisotopic (exact) mass is 369 g/mol. The second kappa shape index (κ2) is 6.98. The minimum atomic E-state index is -0.739. The van der Waals surface area contributed by atoms with Crippen molar-refractivity contribution in [2.75, 3.05) is 21.1 Å². The first-order chi connectivity index (χ1) is 12.7. The Morgan fingerprint density at radius 3 is 2.52 bits per heavy atom. The molecule has 1 heterocycles. The average molecular weight is 369 g/mol. The van der Waals surface area contributed by atoms with Crippen LogP contribution in [0.5, 0.6) is 0 Å². The number of fused-ring (bicyclic) bond motifs is 1. The van der Waals surface area contributed by atoms with Crippen LogP contribution < -0.4 is 0 Å². The van der Waals surface area contributed by atoms with Gasteiger partial charge in [-0.1, -0.05) is 24.3 Å². The zero-order valence-corrected chi connectivity index (χ0v) is 15.8. The summed E-state index contributed by atoms with van der Waals surface area (Å²) in [6, 6.07) is 4.08. The zero-order valence-electron chi connectivity index (χ0n) is 15.8. The molecule has 0 aromatic heterocycles. The number of amides is 4. The molecule has 1 aromatic carbocycles. The molecular formula is C20H23N3O4. The molecule has 1 aliphatic carbocycles. The predicted molar refractivity (Wildman–Crippen MR) is 99.3 cm³/mol. The molecule has 3 rings (SSSR count). The summed E-state index contributed by atoms with van der Waals surface area (Å²) in [5, 5.41) is 0. The molecule has 7 nitrogen and oxygen atoms in total. The third-order valence-electron chi connectivity index (χ3n) is 5.03. The SMILES string of the molecule is C=C1CCC(N2C(=O)c3cccc(CN(C)C(=O)N(C)C)c3C2=O)C(=O)C1. The Morgan fingerprint density at radius 1 is 1.19 bits per heavy atom. The standard InChI is InChI=1S/C20H23N3O4/c1-12-8-9-15(16(24)10-12)23-18(25)14-7-5-6-13(17(14)19(23)26)11-22(4)20(27)21(2)3/h5-7,15H,1,8-11H2,2-4H3. The summed E-state index contributed by atoms with van der Waals surface area (Å²) in [7, 11) is 4.93. The van der Waals surface area contributed by atoms with Gasteiger partial charge in [-0.3, -0.25) is 19.3 Å². The van der Waals surface area contributed by atoms with Gasteiger partial charge in [-0.25, -0.2) is 4.79 Å². The van der Waals surface area contributed by atoms with E-state index < -0.39 is 17.9 Å². The normalized spacial score (nSPS) is 19.4. The van der Waals surface area contributed by atoms with E-state index >= 15 is 0 Å². The fraction of sp³-hybridized carbons (Fsp3) is 0.400. The molecular weight excluding hydrogens is 346 g/mol. The van der Waals surface area contributed by atoms with E-state index in [0.29, 0.717) is 24.0 Å². The van der Waals surface area contributed by atoms with Crippen molar-refractivity contribution in [2.45, 2.75) is 31.8 Å².